The maximum Gasteiger partial charge on any atom is 0.241 e. The monoisotopic (exact) mass is 383 g/mol. The van der Waals surface area contributed by atoms with E-state index in [0.29, 0.717) is 25.3 Å². The summed E-state index contributed by atoms with van der Waals surface area (Å²) in [6.45, 7) is 3.79. The summed E-state index contributed by atoms with van der Waals surface area (Å²) in [5.41, 5.74) is 1.66. The van der Waals surface area contributed by atoms with E-state index in [1.54, 1.807) is 12.1 Å². The lowest BCUT2D eigenvalue weighted by Gasteiger charge is -2.34. The molecule has 0 bridgehead atoms. The number of likely N-dealkylation sites (tertiary alicyclic amines) is 1. The molecule has 0 aromatic heterocycles. The lowest BCUT2D eigenvalue weighted by atomic mass is 9.94. The van der Waals surface area contributed by atoms with Gasteiger partial charge in [0.15, 0.2) is 0 Å². The minimum absolute atomic E-state index is 0.0210. The van der Waals surface area contributed by atoms with Crippen LogP contribution in [-0.4, -0.2) is 35.8 Å². The molecular formula is C22H26FN3O2. The normalized spacial score (nSPS) is 16.4. The van der Waals surface area contributed by atoms with Crippen molar-refractivity contribution in [3.63, 3.8) is 0 Å². The molecule has 0 radical (unpaired) electrons. The molecule has 1 unspecified atom stereocenters. The summed E-state index contributed by atoms with van der Waals surface area (Å²) >= 11 is 0. The molecule has 2 aromatic rings. The molecule has 2 amide bonds. The van der Waals surface area contributed by atoms with Crippen molar-refractivity contribution in [1.82, 2.24) is 10.2 Å². The summed E-state index contributed by atoms with van der Waals surface area (Å²) in [7, 11) is 0. The number of benzene rings is 2. The molecule has 1 fully saturated rings. The maximum atomic E-state index is 13.0. The molecule has 2 N–H and O–H groups in total. The number of anilines is 1. The van der Waals surface area contributed by atoms with Crippen LogP contribution in [0.25, 0.3) is 0 Å². The van der Waals surface area contributed by atoms with Gasteiger partial charge >= 0.3 is 0 Å². The predicted molar refractivity (Wildman–Crippen MR) is 107 cm³/mol. The van der Waals surface area contributed by atoms with Gasteiger partial charge in [-0.1, -0.05) is 30.3 Å². The quantitative estimate of drug-likeness (QED) is 0.805. The van der Waals surface area contributed by atoms with Gasteiger partial charge in [0, 0.05) is 18.2 Å². The fraction of sp³-hybridized carbons (Fsp3) is 0.364. The Morgan fingerprint density at radius 1 is 1.07 bits per heavy atom. The van der Waals surface area contributed by atoms with Crippen molar-refractivity contribution in [1.29, 1.82) is 0 Å². The van der Waals surface area contributed by atoms with E-state index in [9.17, 15) is 14.0 Å². The van der Waals surface area contributed by atoms with Crippen molar-refractivity contribution in [3.05, 3.63) is 66.0 Å². The highest BCUT2D eigenvalue weighted by molar-refractivity contribution is 5.94. The van der Waals surface area contributed by atoms with Crippen LogP contribution in [0.2, 0.25) is 0 Å². The molecular weight excluding hydrogens is 357 g/mol. The SMILES string of the molecule is CC(C(=O)Nc1ccc(F)cc1)N1CCC(C(=O)NCc2ccccc2)CC1. The van der Waals surface area contributed by atoms with Crippen LogP contribution >= 0.6 is 0 Å². The number of piperidine rings is 1. The molecule has 1 aliphatic heterocycles. The Morgan fingerprint density at radius 3 is 2.36 bits per heavy atom. The molecule has 5 nitrogen and oxygen atoms in total. The van der Waals surface area contributed by atoms with Crippen molar-refractivity contribution < 1.29 is 14.0 Å². The maximum absolute atomic E-state index is 13.0. The molecule has 1 heterocycles. The van der Waals surface area contributed by atoms with Gasteiger partial charge in [0.2, 0.25) is 11.8 Å². The number of rotatable bonds is 6. The van der Waals surface area contributed by atoms with Crippen LogP contribution in [-0.2, 0) is 16.1 Å². The number of carbonyl (C=O) groups excluding carboxylic acids is 2. The van der Waals surface area contributed by atoms with Gasteiger partial charge in [-0.3, -0.25) is 14.5 Å². The molecule has 1 aliphatic rings. The molecule has 1 saturated heterocycles. The van der Waals surface area contributed by atoms with Gasteiger partial charge in [-0.05, 0) is 62.7 Å². The minimum Gasteiger partial charge on any atom is -0.352 e. The number of nitrogens with one attached hydrogen (secondary N) is 2. The summed E-state index contributed by atoms with van der Waals surface area (Å²) in [6.07, 6.45) is 1.46. The van der Waals surface area contributed by atoms with Crippen molar-refractivity contribution >= 4 is 17.5 Å². The van der Waals surface area contributed by atoms with Gasteiger partial charge < -0.3 is 10.6 Å². The third-order valence-electron chi connectivity index (χ3n) is 5.25. The van der Waals surface area contributed by atoms with Gasteiger partial charge in [-0.15, -0.1) is 0 Å². The van der Waals surface area contributed by atoms with Gasteiger partial charge in [0.1, 0.15) is 5.82 Å². The Hall–Kier alpha value is -2.73. The Morgan fingerprint density at radius 2 is 1.71 bits per heavy atom. The highest BCUT2D eigenvalue weighted by atomic mass is 19.1. The minimum atomic E-state index is -0.335. The zero-order chi connectivity index (χ0) is 19.9. The van der Waals surface area contributed by atoms with E-state index >= 15 is 0 Å². The largest absolute Gasteiger partial charge is 0.352 e. The third-order valence-corrected chi connectivity index (χ3v) is 5.25. The number of nitrogens with zero attached hydrogens (tertiary/aromatic N) is 1. The van der Waals surface area contributed by atoms with E-state index in [2.05, 4.69) is 15.5 Å². The lowest BCUT2D eigenvalue weighted by Crippen LogP contribution is -2.48. The predicted octanol–water partition coefficient (Wildman–Crippen LogP) is 3.18. The summed E-state index contributed by atoms with van der Waals surface area (Å²) < 4.78 is 13.0. The van der Waals surface area contributed by atoms with Crippen molar-refractivity contribution in [3.8, 4) is 0 Å². The summed E-state index contributed by atoms with van der Waals surface area (Å²) in [5.74, 6) is -0.406. The fourth-order valence-electron chi connectivity index (χ4n) is 3.42. The number of hydrogen-bond acceptors (Lipinski definition) is 3. The van der Waals surface area contributed by atoms with Gasteiger partial charge in [-0.2, -0.15) is 0 Å². The number of halogens is 1. The second-order valence-corrected chi connectivity index (χ2v) is 7.19. The van der Waals surface area contributed by atoms with E-state index in [4.69, 9.17) is 0 Å². The first kappa shape index (κ1) is 20.0. The second kappa shape index (κ2) is 9.46. The number of hydrogen-bond donors (Lipinski definition) is 2. The topological polar surface area (TPSA) is 61.4 Å². The first-order valence-corrected chi connectivity index (χ1v) is 9.65. The second-order valence-electron chi connectivity index (χ2n) is 7.19. The molecule has 0 saturated carbocycles. The van der Waals surface area contributed by atoms with E-state index in [1.807, 2.05) is 37.3 Å². The molecule has 2 aromatic carbocycles. The zero-order valence-corrected chi connectivity index (χ0v) is 16.0. The smallest absolute Gasteiger partial charge is 0.241 e. The van der Waals surface area contributed by atoms with E-state index in [1.165, 1.54) is 12.1 Å². The summed E-state index contributed by atoms with van der Waals surface area (Å²) in [4.78, 5) is 26.9. The van der Waals surface area contributed by atoms with Crippen LogP contribution < -0.4 is 10.6 Å². The van der Waals surface area contributed by atoms with Crippen LogP contribution in [0, 0.1) is 11.7 Å². The van der Waals surface area contributed by atoms with Crippen LogP contribution in [0.1, 0.15) is 25.3 Å². The Kier molecular flexibility index (Phi) is 6.76. The Balaban J connectivity index is 1.44. The lowest BCUT2D eigenvalue weighted by molar-refractivity contribution is -0.127. The Labute approximate surface area is 164 Å². The molecule has 28 heavy (non-hydrogen) atoms. The van der Waals surface area contributed by atoms with E-state index in [-0.39, 0.29) is 29.6 Å². The van der Waals surface area contributed by atoms with Gasteiger partial charge in [0.25, 0.3) is 0 Å². The molecule has 3 rings (SSSR count). The zero-order valence-electron chi connectivity index (χ0n) is 16.0. The molecule has 6 heteroatoms. The van der Waals surface area contributed by atoms with Crippen LogP contribution in [0.5, 0.6) is 0 Å². The highest BCUT2D eigenvalue weighted by Crippen LogP contribution is 2.20. The van der Waals surface area contributed by atoms with Crippen LogP contribution in [0.3, 0.4) is 0 Å². The number of carbonyl (C=O) groups is 2. The van der Waals surface area contributed by atoms with Crippen molar-refractivity contribution in [2.24, 2.45) is 5.92 Å². The van der Waals surface area contributed by atoms with Crippen LogP contribution in [0.4, 0.5) is 10.1 Å². The third kappa shape index (κ3) is 5.39. The highest BCUT2D eigenvalue weighted by Gasteiger charge is 2.29. The van der Waals surface area contributed by atoms with Gasteiger partial charge in [-0.25, -0.2) is 4.39 Å². The van der Waals surface area contributed by atoms with E-state index < -0.39 is 0 Å². The summed E-state index contributed by atoms with van der Waals surface area (Å²) in [5, 5.41) is 5.82. The molecule has 0 spiro atoms. The average molecular weight is 383 g/mol. The number of amides is 2. The fourth-order valence-corrected chi connectivity index (χ4v) is 3.42. The molecule has 148 valence electrons. The van der Waals surface area contributed by atoms with Crippen molar-refractivity contribution in [2.75, 3.05) is 18.4 Å². The molecule has 0 aliphatic carbocycles. The van der Waals surface area contributed by atoms with Gasteiger partial charge in [0.05, 0.1) is 6.04 Å². The Bertz CT molecular complexity index is 787. The van der Waals surface area contributed by atoms with E-state index in [0.717, 1.165) is 18.4 Å². The van der Waals surface area contributed by atoms with Crippen LogP contribution in [0.15, 0.2) is 54.6 Å². The summed E-state index contributed by atoms with van der Waals surface area (Å²) in [6, 6.07) is 15.3. The first-order valence-electron chi connectivity index (χ1n) is 9.65. The molecule has 1 atom stereocenters. The first-order chi connectivity index (χ1) is 13.5. The van der Waals surface area contributed by atoms with Crippen molar-refractivity contribution in [2.45, 2.75) is 32.4 Å². The standard InChI is InChI=1S/C22H26FN3O2/c1-16(21(27)25-20-9-7-19(23)8-10-20)26-13-11-18(12-14-26)22(28)24-15-17-5-3-2-4-6-17/h2-10,16,18H,11-15H2,1H3,(H,24,28)(H,25,27). The average Bonchev–Trinajstić information content (AvgIpc) is 2.74.